The molecular formula is C72H123NO10. The third kappa shape index (κ3) is 46.2. The number of carbonyl (C=O) groups is 2. The lowest BCUT2D eigenvalue weighted by molar-refractivity contribution is -0.305. The first-order valence-corrected chi connectivity index (χ1v) is 33.7. The van der Waals surface area contributed by atoms with Crippen LogP contribution in [0.2, 0.25) is 0 Å². The molecule has 1 saturated heterocycles. The van der Waals surface area contributed by atoms with Crippen LogP contribution in [0.3, 0.4) is 0 Å². The van der Waals surface area contributed by atoms with Gasteiger partial charge in [0, 0.05) is 6.42 Å². The van der Waals surface area contributed by atoms with E-state index in [2.05, 4.69) is 111 Å². The maximum absolute atomic E-state index is 13.5. The van der Waals surface area contributed by atoms with Crippen LogP contribution in [0, 0.1) is 0 Å². The van der Waals surface area contributed by atoms with Gasteiger partial charge in [-0.15, -0.1) is 0 Å². The first-order chi connectivity index (χ1) is 40.7. The maximum atomic E-state index is 13.5. The molecule has 8 unspecified atom stereocenters. The summed E-state index contributed by atoms with van der Waals surface area (Å²) in [7, 11) is 0. The summed E-state index contributed by atoms with van der Waals surface area (Å²) < 4.78 is 17.6. The molecule has 476 valence electrons. The Hall–Kier alpha value is -3.68. The van der Waals surface area contributed by atoms with E-state index in [-0.39, 0.29) is 19.4 Å². The molecular weight excluding hydrogens is 1040 g/mol. The van der Waals surface area contributed by atoms with Crippen molar-refractivity contribution in [1.82, 2.24) is 5.32 Å². The van der Waals surface area contributed by atoms with Gasteiger partial charge >= 0.3 is 5.97 Å². The van der Waals surface area contributed by atoms with Gasteiger partial charge in [0.05, 0.1) is 25.4 Å². The molecule has 0 aromatic carbocycles. The predicted molar refractivity (Wildman–Crippen MR) is 347 cm³/mol. The number of aliphatic hydroxyl groups excluding tert-OH is 5. The molecule has 0 aromatic rings. The highest BCUT2D eigenvalue weighted by Gasteiger charge is 2.47. The number of nitrogens with one attached hydrogen (secondary N) is 1. The highest BCUT2D eigenvalue weighted by Crippen LogP contribution is 2.26. The third-order valence-corrected chi connectivity index (χ3v) is 15.2. The number of hydrogen-bond acceptors (Lipinski definition) is 10. The lowest BCUT2D eigenvalue weighted by Crippen LogP contribution is -2.61. The molecule has 1 aliphatic heterocycles. The first-order valence-electron chi connectivity index (χ1n) is 33.7. The molecule has 1 fully saturated rings. The summed E-state index contributed by atoms with van der Waals surface area (Å²) >= 11 is 0. The van der Waals surface area contributed by atoms with Crippen molar-refractivity contribution in [2.75, 3.05) is 13.2 Å². The Morgan fingerprint density at radius 1 is 0.482 bits per heavy atom. The zero-order valence-corrected chi connectivity index (χ0v) is 52.8. The van der Waals surface area contributed by atoms with Crippen molar-refractivity contribution >= 4 is 11.9 Å². The fourth-order valence-electron chi connectivity index (χ4n) is 9.88. The Kier molecular flexibility index (Phi) is 54.7. The van der Waals surface area contributed by atoms with Crippen molar-refractivity contribution in [2.24, 2.45) is 0 Å². The Labute approximate surface area is 507 Å². The Bertz CT molecular complexity index is 1770. The van der Waals surface area contributed by atoms with E-state index in [9.17, 15) is 35.1 Å². The predicted octanol–water partition coefficient (Wildman–Crippen LogP) is 16.8. The molecule has 8 atom stereocenters. The zero-order chi connectivity index (χ0) is 60.3. The monoisotopic (exact) mass is 1160 g/mol. The number of aliphatic hydroxyl groups is 5. The fourth-order valence-corrected chi connectivity index (χ4v) is 9.88. The Morgan fingerprint density at radius 3 is 1.33 bits per heavy atom. The highest BCUT2D eigenvalue weighted by molar-refractivity contribution is 5.80. The molecule has 83 heavy (non-hydrogen) atoms. The van der Waals surface area contributed by atoms with Gasteiger partial charge in [-0.2, -0.15) is 0 Å². The number of ether oxygens (including phenoxy) is 3. The molecule has 0 aliphatic carbocycles. The van der Waals surface area contributed by atoms with E-state index in [1.807, 2.05) is 18.2 Å². The summed E-state index contributed by atoms with van der Waals surface area (Å²) in [5.41, 5.74) is 0. The molecule has 1 amide bonds. The summed E-state index contributed by atoms with van der Waals surface area (Å²) in [5, 5.41) is 57.1. The van der Waals surface area contributed by atoms with Crippen molar-refractivity contribution in [3.63, 3.8) is 0 Å². The molecule has 0 spiro atoms. The van der Waals surface area contributed by atoms with E-state index >= 15 is 0 Å². The Morgan fingerprint density at radius 2 is 0.867 bits per heavy atom. The van der Waals surface area contributed by atoms with Gasteiger partial charge < -0.3 is 45.1 Å². The molecule has 1 rings (SSSR count). The van der Waals surface area contributed by atoms with Gasteiger partial charge in [-0.1, -0.05) is 278 Å². The van der Waals surface area contributed by atoms with E-state index in [0.717, 1.165) is 83.5 Å². The minimum Gasteiger partial charge on any atom is -0.454 e. The van der Waals surface area contributed by atoms with Crippen molar-refractivity contribution in [3.8, 4) is 0 Å². The molecule has 0 radical (unpaired) electrons. The summed E-state index contributed by atoms with van der Waals surface area (Å²) in [6, 6.07) is -1.05. The van der Waals surface area contributed by atoms with Gasteiger partial charge in [0.1, 0.15) is 24.4 Å². The molecule has 11 heteroatoms. The minimum absolute atomic E-state index is 0.00591. The van der Waals surface area contributed by atoms with Gasteiger partial charge in [0.15, 0.2) is 12.4 Å². The first kappa shape index (κ1) is 77.3. The molecule has 0 saturated carbocycles. The van der Waals surface area contributed by atoms with Crippen LogP contribution in [0.15, 0.2) is 109 Å². The van der Waals surface area contributed by atoms with Crippen molar-refractivity contribution < 1.29 is 49.3 Å². The smallest absolute Gasteiger partial charge is 0.306 e. The van der Waals surface area contributed by atoms with Crippen LogP contribution in [0.5, 0.6) is 0 Å². The molecule has 6 N–H and O–H groups in total. The van der Waals surface area contributed by atoms with Crippen LogP contribution in [0.1, 0.15) is 271 Å². The number of rotatable bonds is 56. The van der Waals surface area contributed by atoms with Crippen LogP contribution >= 0.6 is 0 Å². The largest absolute Gasteiger partial charge is 0.454 e. The van der Waals surface area contributed by atoms with E-state index < -0.39 is 67.4 Å². The van der Waals surface area contributed by atoms with Crippen molar-refractivity contribution in [2.45, 2.75) is 320 Å². The van der Waals surface area contributed by atoms with Crippen LogP contribution in [-0.2, 0) is 23.8 Å². The quantitative estimate of drug-likeness (QED) is 0.0195. The second-order valence-corrected chi connectivity index (χ2v) is 22.8. The normalized spacial score (nSPS) is 19.3. The van der Waals surface area contributed by atoms with Gasteiger partial charge in [-0.3, -0.25) is 9.59 Å². The van der Waals surface area contributed by atoms with Gasteiger partial charge in [-0.05, 0) is 96.3 Å². The summed E-state index contributed by atoms with van der Waals surface area (Å²) in [6.45, 7) is 5.62. The molecule has 11 nitrogen and oxygen atoms in total. The minimum atomic E-state index is -1.65. The number of esters is 1. The lowest BCUT2D eigenvalue weighted by atomic mass is 9.99. The fraction of sp³-hybridized carbons (Fsp3) is 0.722. The van der Waals surface area contributed by atoms with Crippen LogP contribution in [0.4, 0.5) is 0 Å². The molecule has 0 bridgehead atoms. The number of hydrogen-bond donors (Lipinski definition) is 6. The van der Waals surface area contributed by atoms with E-state index in [4.69, 9.17) is 14.2 Å². The summed E-state index contributed by atoms with van der Waals surface area (Å²) in [4.78, 5) is 26.6. The lowest BCUT2D eigenvalue weighted by Gasteiger charge is -2.41. The number of allylic oxidation sites excluding steroid dienone is 17. The maximum Gasteiger partial charge on any atom is 0.306 e. The van der Waals surface area contributed by atoms with E-state index in [0.29, 0.717) is 19.3 Å². The summed E-state index contributed by atoms with van der Waals surface area (Å²) in [5.74, 6) is -1.29. The average molecular weight is 1160 g/mol. The van der Waals surface area contributed by atoms with E-state index in [1.165, 1.54) is 135 Å². The van der Waals surface area contributed by atoms with E-state index in [1.54, 1.807) is 6.08 Å². The second-order valence-electron chi connectivity index (χ2n) is 22.8. The molecule has 0 aromatic heterocycles. The van der Waals surface area contributed by atoms with Crippen molar-refractivity contribution in [1.29, 1.82) is 0 Å². The topological polar surface area (TPSA) is 175 Å². The standard InChI is InChI=1S/C72H123NO10/c1-4-7-10-13-16-19-22-24-26-28-30-31-32-33-34-36-37-39-41-44-47-50-53-56-59-65(76)71(80)73-63(64(75)58-55-52-49-46-43-21-18-15-12-9-6-3)62-81-72-70(69(79)68(78)66(61-74)82-72)83-67(77)60-57-54-51-48-45-42-40-38-35-29-27-25-23-20-17-14-11-8-5-2/h8,11,16-17,19-20,24-27,35,38,42,45,51,54-55,58,63-66,68-70,72,74-76,78-79H,4-7,9-10,12-15,18,21-23,28-34,36-37,39-41,43-44,46-50,52-53,56-57,59-62H2,1-3H3,(H,73,80)/b11-8-,19-16-,20-17-,26-24-,27-25-,38-35-,45-42-,54-51-,58-55+. The zero-order valence-electron chi connectivity index (χ0n) is 52.8. The number of amides is 1. The molecule has 1 aliphatic rings. The highest BCUT2D eigenvalue weighted by atomic mass is 16.7. The summed E-state index contributed by atoms with van der Waals surface area (Å²) in [6.07, 6.45) is 70.0. The Balaban J connectivity index is 2.63. The van der Waals surface area contributed by atoms with Crippen molar-refractivity contribution in [3.05, 3.63) is 109 Å². The third-order valence-electron chi connectivity index (χ3n) is 15.2. The van der Waals surface area contributed by atoms with Crippen LogP contribution in [0.25, 0.3) is 0 Å². The van der Waals surface area contributed by atoms with Gasteiger partial charge in [0.25, 0.3) is 0 Å². The second kappa shape index (κ2) is 58.7. The number of unbranched alkanes of at least 4 members (excludes halogenated alkanes) is 26. The molecule has 1 heterocycles. The average Bonchev–Trinajstić information content (AvgIpc) is 3.69. The van der Waals surface area contributed by atoms with Crippen LogP contribution < -0.4 is 5.32 Å². The van der Waals surface area contributed by atoms with Gasteiger partial charge in [0.2, 0.25) is 5.91 Å². The SMILES string of the molecule is CC/C=C\C/C=C\C/C=C\C/C=C\C/C=C\C/C=C\CCC(=O)OC1C(OCC(NC(=O)C(O)CCCCCCCCCCCCCCCC/C=C\C/C=C\CCCCC)C(O)/C=C/CCCCCCCCCCC)OC(CO)C(O)C1O. The number of carbonyl (C=O) groups excluding carboxylic acids is 2. The van der Waals surface area contributed by atoms with Gasteiger partial charge in [-0.25, -0.2) is 0 Å². The van der Waals surface area contributed by atoms with Crippen LogP contribution in [-0.4, -0.2) is 99.6 Å².